The first-order chi connectivity index (χ1) is 23.6. The number of ether oxygens (including phenoxy) is 1. The molecular formula is C33H37ClF5N3O8S. The van der Waals surface area contributed by atoms with Gasteiger partial charge in [-0.25, -0.2) is 8.42 Å². The zero-order valence-electron chi connectivity index (χ0n) is 27.9. The molecule has 2 N–H and O–H groups in total. The molecule has 3 amide bonds. The zero-order chi connectivity index (χ0) is 38.5. The average Bonchev–Trinajstić information content (AvgIpc) is 3.52. The number of hydrogen-bond donors (Lipinski definition) is 2. The number of likely N-dealkylation sites (tertiary alicyclic amines) is 1. The lowest BCUT2D eigenvalue weighted by Crippen LogP contribution is -2.53. The Balaban J connectivity index is 1.90. The number of hydrogen-bond acceptors (Lipinski definition) is 8. The topological polar surface area (TPSA) is 156 Å². The Kier molecular flexibility index (Phi) is 13.3. The quantitative estimate of drug-likeness (QED) is 0.202. The number of nitrogens with zero attached hydrogens (tertiary/aromatic N) is 1. The van der Waals surface area contributed by atoms with Gasteiger partial charge in [0.25, 0.3) is 11.8 Å². The van der Waals surface area contributed by atoms with Gasteiger partial charge < -0.3 is 20.3 Å². The molecule has 0 radical (unpaired) electrons. The van der Waals surface area contributed by atoms with E-state index < -0.39 is 112 Å². The minimum atomic E-state index is -5.05. The van der Waals surface area contributed by atoms with E-state index in [0.717, 1.165) is 10.2 Å². The highest BCUT2D eigenvalue weighted by atomic mass is 35.5. The van der Waals surface area contributed by atoms with E-state index in [9.17, 15) is 54.3 Å². The number of ketones is 2. The van der Waals surface area contributed by atoms with Crippen molar-refractivity contribution in [2.75, 3.05) is 20.2 Å². The number of nitrogens with one attached hydrogen (secondary N) is 2. The average molecular weight is 766 g/mol. The first-order valence-electron chi connectivity index (χ1n) is 15.6. The SMILES string of the molecule is COc1ccc(CS(=O)(=O)[C@@H]2C[C@@H](C(=O)C[C@H](C(=O)C(F)(F)C(=O)NCC(F)(F)F)C(C)C)N(C(=O)[C@H](C)NC(=O)c3cccc(Cl)c3)C2)cc1. The Morgan fingerprint density at radius 2 is 1.63 bits per heavy atom. The molecule has 4 atom stereocenters. The van der Waals surface area contributed by atoms with Gasteiger partial charge in [0.1, 0.15) is 18.3 Å². The van der Waals surface area contributed by atoms with Gasteiger partial charge in [-0.3, -0.25) is 24.0 Å². The number of sulfone groups is 1. The van der Waals surface area contributed by atoms with Gasteiger partial charge in [-0.05, 0) is 55.2 Å². The number of carbonyl (C=O) groups is 5. The number of amides is 3. The Hall–Kier alpha value is -4.12. The molecule has 1 saturated heterocycles. The van der Waals surface area contributed by atoms with Crippen LogP contribution in [-0.4, -0.2) is 92.2 Å². The molecule has 1 aliphatic heterocycles. The summed E-state index contributed by atoms with van der Waals surface area (Å²) in [5, 5.41) is 2.32. The van der Waals surface area contributed by atoms with Crippen molar-refractivity contribution in [3.8, 4) is 5.75 Å². The fourth-order valence-electron chi connectivity index (χ4n) is 5.52. The molecule has 0 bridgehead atoms. The van der Waals surface area contributed by atoms with Crippen LogP contribution in [0.15, 0.2) is 48.5 Å². The molecule has 0 unspecified atom stereocenters. The first-order valence-corrected chi connectivity index (χ1v) is 17.7. The first kappa shape index (κ1) is 41.3. The van der Waals surface area contributed by atoms with Gasteiger partial charge in [0.05, 0.1) is 24.2 Å². The molecule has 0 saturated carbocycles. The van der Waals surface area contributed by atoms with E-state index in [1.807, 2.05) is 0 Å². The molecular weight excluding hydrogens is 729 g/mol. The van der Waals surface area contributed by atoms with Gasteiger partial charge >= 0.3 is 12.1 Å². The summed E-state index contributed by atoms with van der Waals surface area (Å²) in [6.07, 6.45) is -6.53. The van der Waals surface area contributed by atoms with Crippen molar-refractivity contribution < 1.29 is 59.1 Å². The van der Waals surface area contributed by atoms with Crippen LogP contribution in [0, 0.1) is 11.8 Å². The second-order valence-corrected chi connectivity index (χ2v) is 15.2. The molecule has 2 aromatic carbocycles. The van der Waals surface area contributed by atoms with E-state index in [0.29, 0.717) is 11.3 Å². The van der Waals surface area contributed by atoms with E-state index in [1.54, 1.807) is 0 Å². The summed E-state index contributed by atoms with van der Waals surface area (Å²) < 4.78 is 99.6. The van der Waals surface area contributed by atoms with Crippen LogP contribution in [0.5, 0.6) is 5.75 Å². The second kappa shape index (κ2) is 16.5. The Bertz CT molecular complexity index is 1740. The van der Waals surface area contributed by atoms with Crippen LogP contribution in [0.4, 0.5) is 22.0 Å². The lowest BCUT2D eigenvalue weighted by Gasteiger charge is -2.29. The van der Waals surface area contributed by atoms with E-state index >= 15 is 0 Å². The summed E-state index contributed by atoms with van der Waals surface area (Å²) in [4.78, 5) is 66.1. The van der Waals surface area contributed by atoms with Crippen molar-refractivity contribution in [2.24, 2.45) is 11.8 Å². The van der Waals surface area contributed by atoms with Gasteiger partial charge in [-0.15, -0.1) is 0 Å². The third-order valence-corrected chi connectivity index (χ3v) is 10.7. The fraction of sp³-hybridized carbons (Fsp3) is 0.485. The highest BCUT2D eigenvalue weighted by molar-refractivity contribution is 7.91. The molecule has 1 heterocycles. The van der Waals surface area contributed by atoms with Crippen LogP contribution in [0.1, 0.15) is 49.5 Å². The van der Waals surface area contributed by atoms with Crippen molar-refractivity contribution >= 4 is 50.7 Å². The highest BCUT2D eigenvalue weighted by Crippen LogP contribution is 2.33. The lowest BCUT2D eigenvalue weighted by atomic mass is 9.82. The third-order valence-electron chi connectivity index (χ3n) is 8.36. The third kappa shape index (κ3) is 10.7. The largest absolute Gasteiger partial charge is 0.497 e. The number of Topliss-reactive ketones (excluding diaryl/α,β-unsaturated/α-hetero) is 2. The minimum Gasteiger partial charge on any atom is -0.497 e. The maximum absolute atomic E-state index is 14.9. The highest BCUT2D eigenvalue weighted by Gasteiger charge is 2.53. The van der Waals surface area contributed by atoms with Crippen LogP contribution in [-0.2, 0) is 34.8 Å². The van der Waals surface area contributed by atoms with Gasteiger partial charge in [0, 0.05) is 29.5 Å². The molecule has 51 heavy (non-hydrogen) atoms. The van der Waals surface area contributed by atoms with Crippen molar-refractivity contribution in [3.05, 3.63) is 64.7 Å². The number of benzene rings is 2. The number of methoxy groups -OCH3 is 1. The van der Waals surface area contributed by atoms with Crippen LogP contribution < -0.4 is 15.4 Å². The van der Waals surface area contributed by atoms with Crippen molar-refractivity contribution in [3.63, 3.8) is 0 Å². The maximum Gasteiger partial charge on any atom is 0.405 e. The van der Waals surface area contributed by atoms with E-state index in [1.165, 1.54) is 76.4 Å². The van der Waals surface area contributed by atoms with E-state index in [4.69, 9.17) is 16.3 Å². The summed E-state index contributed by atoms with van der Waals surface area (Å²) >= 11 is 5.95. The smallest absolute Gasteiger partial charge is 0.405 e. The summed E-state index contributed by atoms with van der Waals surface area (Å²) in [6, 6.07) is 8.95. The van der Waals surface area contributed by atoms with Crippen LogP contribution in [0.2, 0.25) is 5.02 Å². The second-order valence-electron chi connectivity index (χ2n) is 12.5. The monoisotopic (exact) mass is 765 g/mol. The van der Waals surface area contributed by atoms with Crippen molar-refractivity contribution in [1.82, 2.24) is 15.5 Å². The zero-order valence-corrected chi connectivity index (χ0v) is 29.5. The van der Waals surface area contributed by atoms with Gasteiger partial charge in [0.2, 0.25) is 11.7 Å². The summed E-state index contributed by atoms with van der Waals surface area (Å²) in [6.45, 7) is 1.17. The number of halogens is 6. The number of alkyl halides is 5. The molecule has 1 aliphatic rings. The fourth-order valence-corrected chi connectivity index (χ4v) is 7.46. The van der Waals surface area contributed by atoms with Crippen molar-refractivity contribution in [2.45, 2.75) is 68.8 Å². The molecule has 0 aromatic heterocycles. The molecule has 1 fully saturated rings. The number of rotatable bonds is 15. The van der Waals surface area contributed by atoms with Crippen LogP contribution in [0.25, 0.3) is 0 Å². The van der Waals surface area contributed by atoms with Gasteiger partial charge in [-0.1, -0.05) is 43.6 Å². The van der Waals surface area contributed by atoms with Gasteiger partial charge in [-0.2, -0.15) is 22.0 Å². The van der Waals surface area contributed by atoms with Crippen LogP contribution >= 0.6 is 11.6 Å². The van der Waals surface area contributed by atoms with E-state index in [2.05, 4.69) is 5.32 Å². The predicted molar refractivity (Wildman–Crippen MR) is 175 cm³/mol. The predicted octanol–water partition coefficient (Wildman–Crippen LogP) is 4.17. The standard InChI is InChI=1S/C33H37ClF5N3O8S/c1-18(2)25(28(44)33(38,39)31(47)40-17-32(35,36)37)14-27(43)26-13-24(51(48,49)16-20-8-10-23(50-4)11-9-20)15-42(26)30(46)19(3)41-29(45)21-6-5-7-22(34)12-21/h5-12,18-19,24-26H,13-17H2,1-4H3,(H,40,47)(H,41,45)/t19-,24+,25-,26-/m0/s1. The minimum absolute atomic E-state index is 0.0923. The number of carbonyl (C=O) groups excluding carboxylic acids is 5. The van der Waals surface area contributed by atoms with Crippen LogP contribution in [0.3, 0.4) is 0 Å². The molecule has 0 spiro atoms. The Morgan fingerprint density at radius 3 is 2.18 bits per heavy atom. The maximum atomic E-state index is 14.9. The van der Waals surface area contributed by atoms with Crippen molar-refractivity contribution in [1.29, 1.82) is 0 Å². The molecule has 2 aromatic rings. The van der Waals surface area contributed by atoms with E-state index in [-0.39, 0.29) is 10.6 Å². The van der Waals surface area contributed by atoms with Gasteiger partial charge in [0.15, 0.2) is 15.6 Å². The summed E-state index contributed by atoms with van der Waals surface area (Å²) in [7, 11) is -2.67. The molecule has 3 rings (SSSR count). The summed E-state index contributed by atoms with van der Waals surface area (Å²) in [5.74, 6) is -15.2. The normalized spacial score (nSPS) is 17.8. The Labute approximate surface area is 296 Å². The molecule has 280 valence electrons. The lowest BCUT2D eigenvalue weighted by molar-refractivity contribution is -0.167. The Morgan fingerprint density at radius 1 is 1.00 bits per heavy atom. The molecule has 11 nitrogen and oxygen atoms in total. The summed E-state index contributed by atoms with van der Waals surface area (Å²) in [5.41, 5.74) is 0.455. The molecule has 18 heteroatoms. The molecule has 0 aliphatic carbocycles.